The fourth-order valence-corrected chi connectivity index (χ4v) is 3.04. The van der Waals surface area contributed by atoms with Gasteiger partial charge in [0, 0.05) is 22.2 Å². The van der Waals surface area contributed by atoms with Gasteiger partial charge < -0.3 is 5.73 Å². The van der Waals surface area contributed by atoms with E-state index in [-0.39, 0.29) is 0 Å². The molecule has 3 nitrogen and oxygen atoms in total. The maximum atomic E-state index is 6.20. The molecular formula is C22H19N3. The van der Waals surface area contributed by atoms with Crippen LogP contribution in [0.25, 0.3) is 33.5 Å². The van der Waals surface area contributed by atoms with Crippen molar-refractivity contribution in [3.8, 4) is 22.6 Å². The van der Waals surface area contributed by atoms with Gasteiger partial charge in [0.15, 0.2) is 5.82 Å². The zero-order valence-electron chi connectivity index (χ0n) is 14.3. The highest BCUT2D eigenvalue weighted by Crippen LogP contribution is 2.31. The molecule has 0 saturated heterocycles. The van der Waals surface area contributed by atoms with Crippen molar-refractivity contribution >= 4 is 16.6 Å². The fraction of sp³-hybridized carbons (Fsp3) is 0.0909. The van der Waals surface area contributed by atoms with Gasteiger partial charge in [0.25, 0.3) is 0 Å². The Morgan fingerprint density at radius 1 is 0.760 bits per heavy atom. The smallest absolute Gasteiger partial charge is 0.162 e. The lowest BCUT2D eigenvalue weighted by Gasteiger charge is -2.11. The number of rotatable bonds is 2. The molecule has 3 heteroatoms. The van der Waals surface area contributed by atoms with Gasteiger partial charge in [-0.3, -0.25) is 0 Å². The summed E-state index contributed by atoms with van der Waals surface area (Å²) in [6, 6.07) is 22.4. The molecule has 0 aliphatic heterocycles. The molecule has 4 aromatic rings. The van der Waals surface area contributed by atoms with E-state index < -0.39 is 0 Å². The molecule has 0 spiro atoms. The normalized spacial score (nSPS) is 11.0. The Morgan fingerprint density at radius 2 is 1.48 bits per heavy atom. The number of nitrogens with two attached hydrogens (primary N) is 1. The molecule has 3 aromatic carbocycles. The van der Waals surface area contributed by atoms with E-state index in [9.17, 15) is 0 Å². The molecule has 0 fully saturated rings. The number of hydrogen-bond acceptors (Lipinski definition) is 3. The van der Waals surface area contributed by atoms with E-state index in [0.29, 0.717) is 11.5 Å². The predicted octanol–water partition coefficient (Wildman–Crippen LogP) is 5.16. The van der Waals surface area contributed by atoms with E-state index in [1.807, 2.05) is 49.4 Å². The Bertz CT molecular complexity index is 1070. The third kappa shape index (κ3) is 2.85. The molecule has 2 N–H and O–H groups in total. The molecule has 1 heterocycles. The molecule has 0 radical (unpaired) electrons. The lowest BCUT2D eigenvalue weighted by molar-refractivity contribution is 1.22. The summed E-state index contributed by atoms with van der Waals surface area (Å²) < 4.78 is 0. The molecule has 0 bridgehead atoms. The van der Waals surface area contributed by atoms with E-state index in [1.165, 1.54) is 5.56 Å². The van der Waals surface area contributed by atoms with Crippen LogP contribution in [0.5, 0.6) is 0 Å². The minimum atomic E-state index is 0.663. The van der Waals surface area contributed by atoms with Gasteiger partial charge >= 0.3 is 0 Å². The van der Waals surface area contributed by atoms with Gasteiger partial charge in [0.2, 0.25) is 0 Å². The quantitative estimate of drug-likeness (QED) is 0.518. The molecule has 0 aliphatic carbocycles. The van der Waals surface area contributed by atoms with Crippen LogP contribution in [0.4, 0.5) is 5.69 Å². The maximum Gasteiger partial charge on any atom is 0.162 e. The highest BCUT2D eigenvalue weighted by atomic mass is 14.9. The van der Waals surface area contributed by atoms with Crippen LogP contribution in [0, 0.1) is 13.8 Å². The van der Waals surface area contributed by atoms with Crippen molar-refractivity contribution in [2.45, 2.75) is 13.8 Å². The number of benzene rings is 3. The van der Waals surface area contributed by atoms with Crippen LogP contribution in [-0.4, -0.2) is 9.97 Å². The largest absolute Gasteiger partial charge is 0.398 e. The molecule has 0 saturated carbocycles. The van der Waals surface area contributed by atoms with Crippen LogP contribution in [0.15, 0.2) is 66.7 Å². The van der Waals surface area contributed by atoms with Crippen LogP contribution in [0.2, 0.25) is 0 Å². The van der Waals surface area contributed by atoms with Crippen molar-refractivity contribution in [3.63, 3.8) is 0 Å². The molecule has 0 unspecified atom stereocenters. The van der Waals surface area contributed by atoms with Crippen LogP contribution < -0.4 is 5.73 Å². The molecule has 4 rings (SSSR count). The van der Waals surface area contributed by atoms with Crippen molar-refractivity contribution in [1.29, 1.82) is 0 Å². The van der Waals surface area contributed by atoms with Crippen LogP contribution in [0.1, 0.15) is 11.1 Å². The van der Waals surface area contributed by atoms with E-state index in [1.54, 1.807) is 0 Å². The fourth-order valence-electron chi connectivity index (χ4n) is 3.04. The lowest BCUT2D eigenvalue weighted by Crippen LogP contribution is -1.98. The van der Waals surface area contributed by atoms with Gasteiger partial charge in [-0.1, -0.05) is 53.6 Å². The molecule has 0 aliphatic rings. The van der Waals surface area contributed by atoms with Gasteiger partial charge in [-0.25, -0.2) is 9.97 Å². The van der Waals surface area contributed by atoms with E-state index >= 15 is 0 Å². The summed E-state index contributed by atoms with van der Waals surface area (Å²) in [4.78, 5) is 9.68. The number of aryl methyl sites for hydroxylation is 2. The van der Waals surface area contributed by atoms with Gasteiger partial charge in [-0.15, -0.1) is 0 Å². The lowest BCUT2D eigenvalue weighted by atomic mass is 10.0. The SMILES string of the molecule is Cc1ccc(N)c(-c2nc(-c3ccccc3)c3cc(C)ccc3n2)c1. The second kappa shape index (κ2) is 6.02. The summed E-state index contributed by atoms with van der Waals surface area (Å²) in [5.41, 5.74) is 13.0. The monoisotopic (exact) mass is 325 g/mol. The number of nitrogens with zero attached hydrogens (tertiary/aromatic N) is 2. The second-order valence-electron chi connectivity index (χ2n) is 6.37. The number of aromatic nitrogens is 2. The standard InChI is InChI=1S/C22H19N3/c1-14-8-10-19(23)17(12-14)22-24-20-11-9-15(2)13-18(20)21(25-22)16-6-4-3-5-7-16/h3-13H,23H2,1-2H3. The first kappa shape index (κ1) is 15.3. The van der Waals surface area contributed by atoms with Crippen molar-refractivity contribution in [2.24, 2.45) is 0 Å². The zero-order valence-corrected chi connectivity index (χ0v) is 14.3. The topological polar surface area (TPSA) is 51.8 Å². The third-order valence-electron chi connectivity index (χ3n) is 4.35. The second-order valence-corrected chi connectivity index (χ2v) is 6.37. The molecule has 0 atom stereocenters. The molecular weight excluding hydrogens is 306 g/mol. The maximum absolute atomic E-state index is 6.20. The first-order chi connectivity index (χ1) is 12.1. The first-order valence-corrected chi connectivity index (χ1v) is 8.32. The average molecular weight is 325 g/mol. The van der Waals surface area contributed by atoms with E-state index in [2.05, 4.69) is 31.2 Å². The van der Waals surface area contributed by atoms with E-state index in [0.717, 1.165) is 33.3 Å². The van der Waals surface area contributed by atoms with E-state index in [4.69, 9.17) is 15.7 Å². The third-order valence-corrected chi connectivity index (χ3v) is 4.35. The summed E-state index contributed by atoms with van der Waals surface area (Å²) in [6.45, 7) is 4.13. The van der Waals surface area contributed by atoms with Crippen molar-refractivity contribution < 1.29 is 0 Å². The van der Waals surface area contributed by atoms with Gasteiger partial charge in [-0.05, 0) is 38.1 Å². The van der Waals surface area contributed by atoms with Crippen LogP contribution >= 0.6 is 0 Å². The predicted molar refractivity (Wildman–Crippen MR) is 104 cm³/mol. The van der Waals surface area contributed by atoms with Gasteiger partial charge in [-0.2, -0.15) is 0 Å². The summed E-state index contributed by atoms with van der Waals surface area (Å²) in [6.07, 6.45) is 0. The minimum Gasteiger partial charge on any atom is -0.398 e. The van der Waals surface area contributed by atoms with Crippen LogP contribution in [-0.2, 0) is 0 Å². The Balaban J connectivity index is 2.05. The molecule has 25 heavy (non-hydrogen) atoms. The number of fused-ring (bicyclic) bond motifs is 1. The number of nitrogen functional groups attached to an aromatic ring is 1. The average Bonchev–Trinajstić information content (AvgIpc) is 2.63. The highest BCUT2D eigenvalue weighted by molar-refractivity contribution is 5.94. The van der Waals surface area contributed by atoms with Gasteiger partial charge in [0.05, 0.1) is 11.2 Å². The Morgan fingerprint density at radius 3 is 2.28 bits per heavy atom. The number of hydrogen-bond donors (Lipinski definition) is 1. The van der Waals surface area contributed by atoms with Crippen molar-refractivity contribution in [2.75, 3.05) is 5.73 Å². The minimum absolute atomic E-state index is 0.663. The van der Waals surface area contributed by atoms with Crippen LogP contribution in [0.3, 0.4) is 0 Å². The first-order valence-electron chi connectivity index (χ1n) is 8.32. The molecule has 1 aromatic heterocycles. The molecule has 122 valence electrons. The summed E-state index contributed by atoms with van der Waals surface area (Å²) in [5.74, 6) is 0.663. The Kier molecular flexibility index (Phi) is 3.69. The summed E-state index contributed by atoms with van der Waals surface area (Å²) in [7, 11) is 0. The van der Waals surface area contributed by atoms with Crippen molar-refractivity contribution in [3.05, 3.63) is 77.9 Å². The van der Waals surface area contributed by atoms with Crippen molar-refractivity contribution in [1.82, 2.24) is 9.97 Å². The molecule has 0 amide bonds. The Hall–Kier alpha value is -3.20. The zero-order chi connectivity index (χ0) is 17.4. The van der Waals surface area contributed by atoms with Gasteiger partial charge in [0.1, 0.15) is 0 Å². The number of anilines is 1. The highest BCUT2D eigenvalue weighted by Gasteiger charge is 2.13. The summed E-state index contributed by atoms with van der Waals surface area (Å²) in [5, 5.41) is 1.06. The Labute approximate surface area is 147 Å². The summed E-state index contributed by atoms with van der Waals surface area (Å²) >= 11 is 0.